The molecule has 2 heterocycles. The topological polar surface area (TPSA) is 91.3 Å². The SMILES string of the molecule is O=C(O)[C@@H]1Nc2cccnc2NC1=O. The standard InChI is InChI=1S/C8H7N3O3/c12-7-5(8(13)14)10-4-2-1-3-9-6(4)11-7/h1-3,5,10H,(H,13,14)(H,9,11,12)/t5-/m1/s1. The van der Waals surface area contributed by atoms with Gasteiger partial charge in [-0.15, -0.1) is 0 Å². The number of anilines is 2. The zero-order chi connectivity index (χ0) is 10.1. The number of carbonyl (C=O) groups is 2. The second-order valence-electron chi connectivity index (χ2n) is 2.80. The van der Waals surface area contributed by atoms with Crippen molar-refractivity contribution < 1.29 is 14.7 Å². The molecule has 1 aliphatic rings. The number of carboxylic acid groups (broad SMARTS) is 1. The Hall–Kier alpha value is -2.11. The van der Waals surface area contributed by atoms with Crippen LogP contribution in [0, 0.1) is 0 Å². The van der Waals surface area contributed by atoms with Crippen molar-refractivity contribution in [3.05, 3.63) is 18.3 Å². The third-order valence-corrected chi connectivity index (χ3v) is 1.86. The molecule has 1 aromatic rings. The monoisotopic (exact) mass is 193 g/mol. The molecular weight excluding hydrogens is 186 g/mol. The van der Waals surface area contributed by atoms with Gasteiger partial charge in [0.15, 0.2) is 5.82 Å². The summed E-state index contributed by atoms with van der Waals surface area (Å²) in [7, 11) is 0. The smallest absolute Gasteiger partial charge is 0.336 e. The molecule has 0 aromatic carbocycles. The van der Waals surface area contributed by atoms with Gasteiger partial charge in [-0.1, -0.05) is 0 Å². The summed E-state index contributed by atoms with van der Waals surface area (Å²) in [6.45, 7) is 0. The normalized spacial score (nSPS) is 19.1. The van der Waals surface area contributed by atoms with Gasteiger partial charge in [0.25, 0.3) is 5.91 Å². The Balaban J connectivity index is 2.36. The number of carbonyl (C=O) groups excluding carboxylic acids is 1. The molecule has 1 aromatic heterocycles. The molecule has 3 N–H and O–H groups in total. The van der Waals surface area contributed by atoms with Crippen molar-refractivity contribution in [3.8, 4) is 0 Å². The number of fused-ring (bicyclic) bond motifs is 1. The summed E-state index contributed by atoms with van der Waals surface area (Å²) >= 11 is 0. The number of rotatable bonds is 1. The Morgan fingerprint density at radius 1 is 1.57 bits per heavy atom. The summed E-state index contributed by atoms with van der Waals surface area (Å²) < 4.78 is 0. The van der Waals surface area contributed by atoms with Gasteiger partial charge in [0.2, 0.25) is 6.04 Å². The lowest BCUT2D eigenvalue weighted by Crippen LogP contribution is -2.44. The highest BCUT2D eigenvalue weighted by Gasteiger charge is 2.31. The molecule has 6 nitrogen and oxygen atoms in total. The van der Waals surface area contributed by atoms with Crippen LogP contribution >= 0.6 is 0 Å². The molecule has 72 valence electrons. The highest BCUT2D eigenvalue weighted by molar-refractivity contribution is 6.13. The van der Waals surface area contributed by atoms with Gasteiger partial charge in [-0.05, 0) is 12.1 Å². The number of pyridine rings is 1. The van der Waals surface area contributed by atoms with Crippen molar-refractivity contribution in [1.29, 1.82) is 0 Å². The van der Waals surface area contributed by atoms with E-state index < -0.39 is 17.9 Å². The van der Waals surface area contributed by atoms with E-state index in [0.29, 0.717) is 11.5 Å². The molecule has 1 amide bonds. The van der Waals surface area contributed by atoms with Crippen LogP contribution in [0.4, 0.5) is 11.5 Å². The molecule has 0 spiro atoms. The Morgan fingerprint density at radius 2 is 2.36 bits per heavy atom. The van der Waals surface area contributed by atoms with Crippen LogP contribution in [-0.4, -0.2) is 28.0 Å². The number of carboxylic acids is 1. The van der Waals surface area contributed by atoms with E-state index >= 15 is 0 Å². The van der Waals surface area contributed by atoms with E-state index in [9.17, 15) is 9.59 Å². The van der Waals surface area contributed by atoms with E-state index in [1.54, 1.807) is 12.1 Å². The molecule has 0 unspecified atom stereocenters. The molecule has 0 fully saturated rings. The average Bonchev–Trinajstić information content (AvgIpc) is 2.16. The first-order valence-electron chi connectivity index (χ1n) is 3.94. The lowest BCUT2D eigenvalue weighted by Gasteiger charge is -2.22. The van der Waals surface area contributed by atoms with Gasteiger partial charge >= 0.3 is 5.97 Å². The largest absolute Gasteiger partial charge is 0.479 e. The highest BCUT2D eigenvalue weighted by Crippen LogP contribution is 2.22. The number of amides is 1. The van der Waals surface area contributed by atoms with E-state index in [0.717, 1.165) is 0 Å². The molecular formula is C8H7N3O3. The summed E-state index contributed by atoms with van der Waals surface area (Å²) in [5.74, 6) is -1.46. The fourth-order valence-electron chi connectivity index (χ4n) is 1.21. The van der Waals surface area contributed by atoms with Crippen molar-refractivity contribution in [2.75, 3.05) is 10.6 Å². The molecule has 0 radical (unpaired) electrons. The van der Waals surface area contributed by atoms with E-state index in [-0.39, 0.29) is 0 Å². The predicted octanol–water partition coefficient (Wildman–Crippen LogP) is -0.101. The third-order valence-electron chi connectivity index (χ3n) is 1.86. The molecule has 0 aliphatic carbocycles. The van der Waals surface area contributed by atoms with Crippen LogP contribution < -0.4 is 10.6 Å². The molecule has 1 atom stereocenters. The average molecular weight is 193 g/mol. The maximum atomic E-state index is 11.2. The van der Waals surface area contributed by atoms with Gasteiger partial charge in [0.05, 0.1) is 5.69 Å². The summed E-state index contributed by atoms with van der Waals surface area (Å²) in [6.07, 6.45) is 1.52. The lowest BCUT2D eigenvalue weighted by molar-refractivity contribution is -0.140. The van der Waals surface area contributed by atoms with Crippen LogP contribution in [0.2, 0.25) is 0 Å². The highest BCUT2D eigenvalue weighted by atomic mass is 16.4. The number of hydrogen-bond acceptors (Lipinski definition) is 4. The molecule has 2 rings (SSSR count). The van der Waals surface area contributed by atoms with Crippen molar-refractivity contribution in [2.24, 2.45) is 0 Å². The van der Waals surface area contributed by atoms with Gasteiger partial charge in [-0.3, -0.25) is 4.79 Å². The van der Waals surface area contributed by atoms with E-state index in [2.05, 4.69) is 15.6 Å². The molecule has 0 saturated heterocycles. The van der Waals surface area contributed by atoms with Gasteiger partial charge in [0.1, 0.15) is 0 Å². The maximum Gasteiger partial charge on any atom is 0.336 e. The Labute approximate surface area is 79.0 Å². The molecule has 6 heteroatoms. The van der Waals surface area contributed by atoms with Crippen molar-refractivity contribution in [1.82, 2.24) is 4.98 Å². The first-order chi connectivity index (χ1) is 6.68. The number of aromatic nitrogens is 1. The number of nitrogens with one attached hydrogen (secondary N) is 2. The van der Waals surface area contributed by atoms with Crippen LogP contribution in [0.1, 0.15) is 0 Å². The Morgan fingerprint density at radius 3 is 3.07 bits per heavy atom. The number of hydrogen-bond donors (Lipinski definition) is 3. The summed E-state index contributed by atoms with van der Waals surface area (Å²) in [5, 5.41) is 13.7. The quantitative estimate of drug-likeness (QED) is 0.541. The first-order valence-corrected chi connectivity index (χ1v) is 3.94. The van der Waals surface area contributed by atoms with Crippen LogP contribution in [0.3, 0.4) is 0 Å². The Bertz CT molecular complexity index is 405. The predicted molar refractivity (Wildman–Crippen MR) is 47.9 cm³/mol. The maximum absolute atomic E-state index is 11.2. The first kappa shape index (κ1) is 8.49. The fourth-order valence-corrected chi connectivity index (χ4v) is 1.21. The van der Waals surface area contributed by atoms with Crippen molar-refractivity contribution >= 4 is 23.4 Å². The van der Waals surface area contributed by atoms with Gasteiger partial charge in [-0.2, -0.15) is 0 Å². The summed E-state index contributed by atoms with van der Waals surface area (Å²) in [5.41, 5.74) is 0.513. The second-order valence-corrected chi connectivity index (χ2v) is 2.80. The van der Waals surface area contributed by atoms with Crippen molar-refractivity contribution in [3.63, 3.8) is 0 Å². The van der Waals surface area contributed by atoms with Crippen molar-refractivity contribution in [2.45, 2.75) is 6.04 Å². The van der Waals surface area contributed by atoms with E-state index in [1.165, 1.54) is 6.20 Å². The van der Waals surface area contributed by atoms with Crippen LogP contribution in [0.25, 0.3) is 0 Å². The zero-order valence-electron chi connectivity index (χ0n) is 7.02. The van der Waals surface area contributed by atoms with E-state index in [1.807, 2.05) is 0 Å². The third kappa shape index (κ3) is 1.26. The zero-order valence-corrected chi connectivity index (χ0v) is 7.02. The molecule has 14 heavy (non-hydrogen) atoms. The molecule has 0 bridgehead atoms. The van der Waals surface area contributed by atoms with Gasteiger partial charge < -0.3 is 15.7 Å². The van der Waals surface area contributed by atoms with Gasteiger partial charge in [-0.25, -0.2) is 9.78 Å². The minimum Gasteiger partial charge on any atom is -0.479 e. The van der Waals surface area contributed by atoms with Crippen LogP contribution in [0.15, 0.2) is 18.3 Å². The minimum atomic E-state index is -1.24. The Kier molecular flexibility index (Phi) is 1.81. The van der Waals surface area contributed by atoms with Crippen LogP contribution in [0.5, 0.6) is 0 Å². The molecule has 0 saturated carbocycles. The number of nitrogens with zero attached hydrogens (tertiary/aromatic N) is 1. The van der Waals surface area contributed by atoms with Crippen LogP contribution in [-0.2, 0) is 9.59 Å². The molecule has 1 aliphatic heterocycles. The van der Waals surface area contributed by atoms with Gasteiger partial charge in [0, 0.05) is 6.20 Å². The second kappa shape index (κ2) is 2.99. The number of aliphatic carboxylic acids is 1. The minimum absolute atomic E-state index is 0.356. The van der Waals surface area contributed by atoms with E-state index in [4.69, 9.17) is 5.11 Å². The summed E-state index contributed by atoms with van der Waals surface area (Å²) in [6, 6.07) is 2.06. The fraction of sp³-hybridized carbons (Fsp3) is 0.125. The lowest BCUT2D eigenvalue weighted by atomic mass is 10.2. The summed E-state index contributed by atoms with van der Waals surface area (Å²) in [4.78, 5) is 25.7.